The highest BCUT2D eigenvalue weighted by molar-refractivity contribution is 6.53. The standard InChI is InChI=1S/C44H45F3N6O/c1-30-25-31(22-24-48-30)38-39-42(53(50-38)44(32-15-8-5-9-16-32,33-17-10-6-11-18-33)34-19-12-7-13-20-34)23-14-21-37(54)40(42)52(29-49-39)36-27-51(28-43(45,46)47)26-35(36)41(2,3)4/h5-20,22-25,35-36,40H,21,26-29H2,1-4H3. The minimum absolute atomic E-state index is 0.0118. The average Bonchev–Trinajstić information content (AvgIpc) is 3.72. The first kappa shape index (κ1) is 36.1. The molecule has 1 aromatic heterocycles. The molecule has 278 valence electrons. The van der Waals surface area contributed by atoms with Gasteiger partial charge in [-0.2, -0.15) is 18.3 Å². The molecule has 1 fully saturated rings. The first-order chi connectivity index (χ1) is 25.8. The number of hydrazone groups is 1. The van der Waals surface area contributed by atoms with Crippen LogP contribution >= 0.6 is 0 Å². The van der Waals surface area contributed by atoms with Crippen molar-refractivity contribution in [2.75, 3.05) is 26.3 Å². The zero-order valence-corrected chi connectivity index (χ0v) is 31.0. The van der Waals surface area contributed by atoms with Gasteiger partial charge in [-0.1, -0.05) is 124 Å². The van der Waals surface area contributed by atoms with E-state index in [4.69, 9.17) is 10.1 Å². The number of halogens is 3. The molecule has 3 aromatic carbocycles. The van der Waals surface area contributed by atoms with E-state index in [2.05, 4.69) is 78.1 Å². The Morgan fingerprint density at radius 1 is 0.833 bits per heavy atom. The van der Waals surface area contributed by atoms with Gasteiger partial charge in [0.25, 0.3) is 0 Å². The number of aromatic nitrogens is 1. The van der Waals surface area contributed by atoms with Gasteiger partial charge in [0.05, 0.1) is 18.9 Å². The number of alkyl halides is 3. The molecular weight excluding hydrogens is 686 g/mol. The van der Waals surface area contributed by atoms with Crippen LogP contribution in [0.2, 0.25) is 0 Å². The SMILES string of the molecule is Cc1cc(C2=NN(C(c3ccccc3)(c3ccccc3)c3ccccc3)C34C=CCC(=O)C3N(C3CN(CC(F)(F)F)CC3C(C)(C)C)CN=C24)ccn1. The summed E-state index contributed by atoms with van der Waals surface area (Å²) in [6.45, 7) is 7.79. The number of allylic oxidation sites excluding steroid dienone is 1. The fourth-order valence-corrected chi connectivity index (χ4v) is 9.47. The maximum atomic E-state index is 14.9. The van der Waals surface area contributed by atoms with E-state index in [1.54, 1.807) is 6.20 Å². The molecule has 1 saturated heterocycles. The molecule has 4 aromatic rings. The van der Waals surface area contributed by atoms with Crippen molar-refractivity contribution in [1.82, 2.24) is 19.8 Å². The van der Waals surface area contributed by atoms with Gasteiger partial charge in [-0.15, -0.1) is 0 Å². The lowest BCUT2D eigenvalue weighted by molar-refractivity contribution is -0.145. The molecule has 7 nitrogen and oxygen atoms in total. The van der Waals surface area contributed by atoms with Crippen molar-refractivity contribution in [2.45, 2.75) is 63.5 Å². The van der Waals surface area contributed by atoms with Crippen molar-refractivity contribution in [1.29, 1.82) is 0 Å². The molecule has 1 aliphatic carbocycles. The quantitative estimate of drug-likeness (QED) is 0.144. The Hall–Kier alpha value is -4.93. The van der Waals surface area contributed by atoms with E-state index in [0.29, 0.717) is 11.4 Å². The second kappa shape index (κ2) is 13.4. The van der Waals surface area contributed by atoms with Crippen LogP contribution in [0.15, 0.2) is 132 Å². The second-order valence-corrected chi connectivity index (χ2v) is 16.1. The summed E-state index contributed by atoms with van der Waals surface area (Å²) >= 11 is 0. The van der Waals surface area contributed by atoms with E-state index in [1.165, 1.54) is 4.90 Å². The van der Waals surface area contributed by atoms with Crippen LogP contribution in [0.4, 0.5) is 13.2 Å². The number of likely N-dealkylation sites (tertiary alicyclic amines) is 1. The predicted octanol–water partition coefficient (Wildman–Crippen LogP) is 7.66. The van der Waals surface area contributed by atoms with Crippen LogP contribution in [0.3, 0.4) is 0 Å². The van der Waals surface area contributed by atoms with Gasteiger partial charge in [0.2, 0.25) is 0 Å². The zero-order valence-electron chi connectivity index (χ0n) is 31.0. The first-order valence-electron chi connectivity index (χ1n) is 18.6. The van der Waals surface area contributed by atoms with Gasteiger partial charge < -0.3 is 0 Å². The Bertz CT molecular complexity index is 2010. The minimum atomic E-state index is -4.34. The number of hydrogen-bond acceptors (Lipinski definition) is 7. The van der Waals surface area contributed by atoms with Gasteiger partial charge in [0.1, 0.15) is 22.8 Å². The number of Topliss-reactive ketones (excluding diaryl/α,β-unsaturated/α-hetero) is 1. The molecule has 10 heteroatoms. The fourth-order valence-electron chi connectivity index (χ4n) is 9.47. The monoisotopic (exact) mass is 730 g/mol. The summed E-state index contributed by atoms with van der Waals surface area (Å²) in [7, 11) is 0. The summed E-state index contributed by atoms with van der Waals surface area (Å²) in [5.74, 6) is -0.171. The zero-order chi connectivity index (χ0) is 37.9. The van der Waals surface area contributed by atoms with E-state index in [0.717, 1.165) is 27.9 Å². The maximum Gasteiger partial charge on any atom is 0.401 e. The third-order valence-electron chi connectivity index (χ3n) is 11.7. The lowest BCUT2D eigenvalue weighted by Gasteiger charge is -2.57. The van der Waals surface area contributed by atoms with Crippen molar-refractivity contribution in [3.05, 3.63) is 149 Å². The molecular formula is C44H45F3N6O. The van der Waals surface area contributed by atoms with Gasteiger partial charge >= 0.3 is 6.18 Å². The molecule has 4 heterocycles. The molecule has 1 spiro atoms. The molecule has 54 heavy (non-hydrogen) atoms. The van der Waals surface area contributed by atoms with Crippen molar-refractivity contribution < 1.29 is 18.0 Å². The number of benzene rings is 3. The summed E-state index contributed by atoms with van der Waals surface area (Å²) in [5.41, 5.74) is 3.13. The molecule has 0 amide bonds. The van der Waals surface area contributed by atoms with Gasteiger partial charge in [-0.3, -0.25) is 29.6 Å². The molecule has 3 aliphatic heterocycles. The highest BCUT2D eigenvalue weighted by Crippen LogP contribution is 2.54. The normalized spacial score (nSPS) is 25.0. The van der Waals surface area contributed by atoms with Crippen molar-refractivity contribution in [3.63, 3.8) is 0 Å². The van der Waals surface area contributed by atoms with Crippen LogP contribution in [-0.2, 0) is 10.3 Å². The number of carbonyl (C=O) groups is 1. The summed E-state index contributed by atoms with van der Waals surface area (Å²) in [6.07, 6.45) is 1.65. The molecule has 4 aliphatic rings. The van der Waals surface area contributed by atoms with Crippen molar-refractivity contribution in [3.8, 4) is 0 Å². The topological polar surface area (TPSA) is 64.4 Å². The van der Waals surface area contributed by atoms with Crippen LogP contribution in [-0.4, -0.2) is 87.1 Å². The Balaban J connectivity index is 1.43. The lowest BCUT2D eigenvalue weighted by Crippen LogP contribution is -2.73. The molecule has 0 N–H and O–H groups in total. The number of nitrogens with zero attached hydrogens (tertiary/aromatic N) is 6. The second-order valence-electron chi connectivity index (χ2n) is 16.1. The number of hydrogen-bond donors (Lipinski definition) is 0. The Morgan fingerprint density at radius 3 is 1.96 bits per heavy atom. The highest BCUT2D eigenvalue weighted by Gasteiger charge is 2.66. The third kappa shape index (κ3) is 5.91. The number of rotatable bonds is 7. The smallest absolute Gasteiger partial charge is 0.297 e. The van der Waals surface area contributed by atoms with Gasteiger partial charge in [0.15, 0.2) is 5.78 Å². The van der Waals surface area contributed by atoms with E-state index in [9.17, 15) is 18.0 Å². The lowest BCUT2D eigenvalue weighted by atomic mass is 9.68. The van der Waals surface area contributed by atoms with Crippen LogP contribution < -0.4 is 0 Å². The number of pyridine rings is 1. The van der Waals surface area contributed by atoms with Crippen LogP contribution in [0.25, 0.3) is 0 Å². The minimum Gasteiger partial charge on any atom is -0.297 e. The number of aliphatic imine (C=N–C) groups is 1. The fraction of sp³-hybridized carbons (Fsp3) is 0.364. The van der Waals surface area contributed by atoms with E-state index in [1.807, 2.05) is 79.7 Å². The predicted molar refractivity (Wildman–Crippen MR) is 205 cm³/mol. The maximum absolute atomic E-state index is 14.9. The summed E-state index contributed by atoms with van der Waals surface area (Å²) in [4.78, 5) is 28.4. The molecule has 4 unspecified atom stereocenters. The molecule has 8 rings (SSSR count). The number of carbonyl (C=O) groups excluding carboxylic acids is 1. The third-order valence-corrected chi connectivity index (χ3v) is 11.7. The van der Waals surface area contributed by atoms with Crippen molar-refractivity contribution in [2.24, 2.45) is 21.4 Å². The molecule has 4 atom stereocenters. The number of aryl methyl sites for hydroxylation is 1. The van der Waals surface area contributed by atoms with Crippen LogP contribution in [0, 0.1) is 18.3 Å². The van der Waals surface area contributed by atoms with Gasteiger partial charge in [-0.25, -0.2) is 0 Å². The van der Waals surface area contributed by atoms with Crippen molar-refractivity contribution >= 4 is 17.2 Å². The van der Waals surface area contributed by atoms with Gasteiger partial charge in [0, 0.05) is 43.0 Å². The summed E-state index contributed by atoms with van der Waals surface area (Å²) in [6, 6.07) is 33.4. The first-order valence-corrected chi connectivity index (χ1v) is 18.6. The Labute approximate surface area is 314 Å². The van der Waals surface area contributed by atoms with Gasteiger partial charge in [-0.05, 0) is 47.1 Å². The van der Waals surface area contributed by atoms with E-state index in [-0.39, 0.29) is 49.3 Å². The average molecular weight is 731 g/mol. The Morgan fingerprint density at radius 2 is 1.43 bits per heavy atom. The van der Waals surface area contributed by atoms with Crippen LogP contribution in [0.1, 0.15) is 55.1 Å². The Kier molecular flexibility index (Phi) is 8.97. The molecule has 0 saturated carbocycles. The molecule has 0 radical (unpaired) electrons. The highest BCUT2D eigenvalue weighted by atomic mass is 19.4. The van der Waals surface area contributed by atoms with Crippen LogP contribution in [0.5, 0.6) is 0 Å². The molecule has 0 bridgehead atoms. The number of ketones is 1. The largest absolute Gasteiger partial charge is 0.401 e. The van der Waals surface area contributed by atoms with E-state index >= 15 is 0 Å². The van der Waals surface area contributed by atoms with E-state index < -0.39 is 29.8 Å². The summed E-state index contributed by atoms with van der Waals surface area (Å²) < 4.78 is 41.8. The summed E-state index contributed by atoms with van der Waals surface area (Å²) in [5, 5.41) is 7.76.